The summed E-state index contributed by atoms with van der Waals surface area (Å²) in [6, 6.07) is 9.44. The van der Waals surface area contributed by atoms with Crippen LogP contribution in [-0.4, -0.2) is 73.2 Å². The molecule has 2 aromatic carbocycles. The number of aromatic nitrogens is 1. The lowest BCUT2D eigenvalue weighted by atomic mass is 9.78. The van der Waals surface area contributed by atoms with Crippen LogP contribution < -0.4 is 25.2 Å². The van der Waals surface area contributed by atoms with Crippen LogP contribution in [0.25, 0.3) is 11.1 Å². The number of aryl methyl sites for hydroxylation is 1. The van der Waals surface area contributed by atoms with Gasteiger partial charge >= 0.3 is 0 Å². The highest BCUT2D eigenvalue weighted by Crippen LogP contribution is 2.45. The van der Waals surface area contributed by atoms with Crippen LogP contribution in [0.1, 0.15) is 56.7 Å². The summed E-state index contributed by atoms with van der Waals surface area (Å²) in [5, 5.41) is 2.28. The monoisotopic (exact) mass is 652 g/mol. The molecule has 0 bridgehead atoms. The molecule has 1 spiro atoms. The average molecular weight is 653 g/mol. The molecule has 1 aliphatic carbocycles. The summed E-state index contributed by atoms with van der Waals surface area (Å²) in [6.45, 7) is 7.96. The zero-order valence-electron chi connectivity index (χ0n) is 28.0. The van der Waals surface area contributed by atoms with Crippen molar-refractivity contribution in [2.24, 2.45) is 24.3 Å². The predicted molar refractivity (Wildman–Crippen MR) is 179 cm³/mol. The molecule has 2 unspecified atom stereocenters. The van der Waals surface area contributed by atoms with Crippen LogP contribution in [0.2, 0.25) is 0 Å². The zero-order chi connectivity index (χ0) is 34.1. The first-order valence-corrected chi connectivity index (χ1v) is 16.4. The Kier molecular flexibility index (Phi) is 7.77. The van der Waals surface area contributed by atoms with E-state index in [1.807, 2.05) is 38.2 Å². The third kappa shape index (κ3) is 5.11. The number of carbonyl (C=O) groups is 4. The van der Waals surface area contributed by atoms with Gasteiger partial charge < -0.3 is 18.9 Å². The molecule has 2 atom stereocenters. The van der Waals surface area contributed by atoms with Gasteiger partial charge in [0, 0.05) is 79.2 Å². The average Bonchev–Trinajstić information content (AvgIpc) is 3.59. The summed E-state index contributed by atoms with van der Waals surface area (Å²) in [4.78, 5) is 67.8. The number of rotatable bonds is 7. The van der Waals surface area contributed by atoms with Crippen molar-refractivity contribution in [3.63, 3.8) is 0 Å². The fraction of sp³-hybridized carbons (Fsp3) is 0.432. The van der Waals surface area contributed by atoms with Crippen LogP contribution >= 0.6 is 0 Å². The fourth-order valence-electron chi connectivity index (χ4n) is 8.15. The van der Waals surface area contributed by atoms with Crippen LogP contribution in [0.15, 0.2) is 41.3 Å². The Hall–Kier alpha value is -4.77. The molecular formula is C37H40N4O7. The number of ketones is 2. The van der Waals surface area contributed by atoms with Gasteiger partial charge in [0.25, 0.3) is 5.56 Å². The molecular weight excluding hydrogens is 612 g/mol. The molecule has 11 nitrogen and oxygen atoms in total. The number of ether oxygens (including phenoxy) is 2. The summed E-state index contributed by atoms with van der Waals surface area (Å²) >= 11 is 0. The van der Waals surface area contributed by atoms with E-state index < -0.39 is 17.7 Å². The molecule has 7 rings (SSSR count). The first-order valence-electron chi connectivity index (χ1n) is 16.4. The number of hydrogen-bond donors (Lipinski definition) is 1. The first-order chi connectivity index (χ1) is 22.9. The molecule has 4 heterocycles. The number of amides is 2. The van der Waals surface area contributed by atoms with E-state index >= 15 is 0 Å². The zero-order valence-corrected chi connectivity index (χ0v) is 28.0. The van der Waals surface area contributed by atoms with Gasteiger partial charge in [-0.05, 0) is 74.7 Å². The van der Waals surface area contributed by atoms with E-state index in [9.17, 15) is 24.0 Å². The maximum atomic E-state index is 13.4. The van der Waals surface area contributed by atoms with Crippen LogP contribution in [0.4, 0.5) is 5.69 Å². The minimum atomic E-state index is -1.06. The first kappa shape index (κ1) is 31.8. The second-order valence-corrected chi connectivity index (χ2v) is 13.9. The smallest absolute Gasteiger partial charge is 0.253 e. The molecule has 250 valence electrons. The molecule has 1 aromatic heterocycles. The van der Waals surface area contributed by atoms with E-state index in [0.29, 0.717) is 23.2 Å². The van der Waals surface area contributed by atoms with Crippen molar-refractivity contribution in [3.05, 3.63) is 74.7 Å². The number of nitrogens with zero attached hydrogens (tertiary/aromatic N) is 3. The van der Waals surface area contributed by atoms with Crippen molar-refractivity contribution in [1.82, 2.24) is 14.8 Å². The van der Waals surface area contributed by atoms with Crippen LogP contribution in [0, 0.1) is 31.1 Å². The minimum absolute atomic E-state index is 0.0116. The van der Waals surface area contributed by atoms with Crippen molar-refractivity contribution in [2.75, 3.05) is 45.3 Å². The number of anilines is 1. The van der Waals surface area contributed by atoms with Gasteiger partial charge in [-0.3, -0.25) is 34.2 Å². The maximum Gasteiger partial charge on any atom is 0.253 e. The number of benzene rings is 2. The molecule has 11 heteroatoms. The third-order valence-electron chi connectivity index (χ3n) is 10.9. The summed E-state index contributed by atoms with van der Waals surface area (Å²) in [5.41, 5.74) is 6.22. The number of fused-ring (bicyclic) bond motifs is 1. The Morgan fingerprint density at radius 3 is 2.23 bits per heavy atom. The van der Waals surface area contributed by atoms with Crippen molar-refractivity contribution >= 4 is 29.1 Å². The normalized spacial score (nSPS) is 21.8. The van der Waals surface area contributed by atoms with E-state index in [4.69, 9.17) is 9.47 Å². The van der Waals surface area contributed by atoms with Gasteiger partial charge in [-0.15, -0.1) is 0 Å². The van der Waals surface area contributed by atoms with Crippen LogP contribution in [0.5, 0.6) is 11.5 Å². The van der Waals surface area contributed by atoms with Crippen molar-refractivity contribution < 1.29 is 28.7 Å². The highest BCUT2D eigenvalue weighted by molar-refractivity contribution is 6.28. The number of pyridine rings is 1. The largest absolute Gasteiger partial charge is 0.496 e. The maximum absolute atomic E-state index is 13.4. The second-order valence-electron chi connectivity index (χ2n) is 13.9. The van der Waals surface area contributed by atoms with E-state index in [0.717, 1.165) is 72.0 Å². The lowest BCUT2D eigenvalue weighted by Crippen LogP contribution is -2.57. The van der Waals surface area contributed by atoms with Gasteiger partial charge in [-0.1, -0.05) is 0 Å². The number of carbonyl (C=O) groups excluding carboxylic acids is 4. The third-order valence-corrected chi connectivity index (χ3v) is 10.9. The number of methoxy groups -OCH3 is 2. The van der Waals surface area contributed by atoms with Crippen molar-refractivity contribution in [3.8, 4) is 22.6 Å². The Morgan fingerprint density at radius 2 is 1.56 bits per heavy atom. The van der Waals surface area contributed by atoms with E-state index in [2.05, 4.69) is 15.1 Å². The lowest BCUT2D eigenvalue weighted by Gasteiger charge is -2.49. The summed E-state index contributed by atoms with van der Waals surface area (Å²) in [6.07, 6.45) is 3.22. The topological polar surface area (TPSA) is 127 Å². The van der Waals surface area contributed by atoms with E-state index in [1.165, 1.54) is 0 Å². The number of imide groups is 1. The molecule has 48 heavy (non-hydrogen) atoms. The standard InChI is InChI=1S/C37H40N4O7/c1-20-21(2)36(46)39(3)15-27(20)22-12-29(47-4)28(30(13-22)48-5)16-40-11-10-37(17-40)18-41(19-37)23-6-7-24-26(14-23)34(44)32(33(24)43)25-8-9-31(42)38-35(25)45/h6-7,12-15,25,32H,8-11,16-19H2,1-5H3,(H,38,42,45). The molecule has 0 radical (unpaired) electrons. The Morgan fingerprint density at radius 1 is 0.875 bits per heavy atom. The van der Waals surface area contributed by atoms with Crippen LogP contribution in [-0.2, 0) is 23.2 Å². The highest BCUT2D eigenvalue weighted by atomic mass is 16.5. The van der Waals surface area contributed by atoms with Crippen molar-refractivity contribution in [1.29, 1.82) is 0 Å². The SMILES string of the molecule is COc1cc(-c2cn(C)c(=O)c(C)c2C)cc(OC)c1CN1CCC2(C1)CN(c1ccc3c(c1)C(=O)C(C1CCC(=O)NC1=O)C3=O)C2. The van der Waals surface area contributed by atoms with Gasteiger partial charge in [-0.2, -0.15) is 0 Å². The molecule has 2 amide bonds. The quantitative estimate of drug-likeness (QED) is 0.302. The van der Waals surface area contributed by atoms with E-state index in [-0.39, 0.29) is 41.3 Å². The van der Waals surface area contributed by atoms with Gasteiger partial charge in [-0.25, -0.2) is 0 Å². The number of nitrogens with one attached hydrogen (secondary N) is 1. The lowest BCUT2D eigenvalue weighted by molar-refractivity contribution is -0.137. The predicted octanol–water partition coefficient (Wildman–Crippen LogP) is 3.45. The minimum Gasteiger partial charge on any atom is -0.496 e. The molecule has 0 saturated carbocycles. The highest BCUT2D eigenvalue weighted by Gasteiger charge is 2.50. The van der Waals surface area contributed by atoms with E-state index in [1.54, 1.807) is 38.0 Å². The van der Waals surface area contributed by atoms with Gasteiger partial charge in [0.15, 0.2) is 11.6 Å². The molecule has 1 N–H and O–H groups in total. The van der Waals surface area contributed by atoms with Gasteiger partial charge in [0.05, 0.1) is 31.6 Å². The molecule has 3 fully saturated rings. The fourth-order valence-corrected chi connectivity index (χ4v) is 8.15. The van der Waals surface area contributed by atoms with Gasteiger partial charge in [0.2, 0.25) is 11.8 Å². The molecule has 3 saturated heterocycles. The molecule has 3 aliphatic heterocycles. The van der Waals surface area contributed by atoms with Gasteiger partial charge in [0.1, 0.15) is 11.5 Å². The van der Waals surface area contributed by atoms with Crippen LogP contribution in [0.3, 0.4) is 0 Å². The number of hydrogen-bond acceptors (Lipinski definition) is 9. The number of Topliss-reactive ketones (excluding diaryl/α,β-unsaturated/α-hetero) is 2. The Bertz CT molecular complexity index is 1930. The number of piperidine rings is 1. The Labute approximate surface area is 278 Å². The summed E-state index contributed by atoms with van der Waals surface area (Å²) < 4.78 is 13.4. The Balaban J connectivity index is 1.04. The second kappa shape index (κ2) is 11.7. The summed E-state index contributed by atoms with van der Waals surface area (Å²) in [7, 11) is 5.09. The molecule has 4 aliphatic rings. The summed E-state index contributed by atoms with van der Waals surface area (Å²) in [5.74, 6) is -1.98. The number of likely N-dealkylation sites (tertiary alicyclic amines) is 1. The molecule has 3 aromatic rings. The van der Waals surface area contributed by atoms with Crippen molar-refractivity contribution in [2.45, 2.75) is 39.7 Å².